The Morgan fingerprint density at radius 1 is 0.800 bits per heavy atom. The van der Waals surface area contributed by atoms with E-state index in [4.69, 9.17) is 0 Å². The van der Waals surface area contributed by atoms with Crippen molar-refractivity contribution in [1.29, 1.82) is 0 Å². The second-order valence-electron chi connectivity index (χ2n) is 6.28. The number of hydrogen-bond acceptors (Lipinski definition) is 3. The van der Waals surface area contributed by atoms with Gasteiger partial charge in [0.15, 0.2) is 0 Å². The van der Waals surface area contributed by atoms with E-state index in [1.165, 1.54) is 0 Å². The Morgan fingerprint density at radius 2 is 1.30 bits per heavy atom. The van der Waals surface area contributed by atoms with Crippen molar-refractivity contribution in [2.24, 2.45) is 0 Å². The molecule has 1 aliphatic heterocycles. The molecule has 16 heteroatoms. The van der Waals surface area contributed by atoms with Gasteiger partial charge in [-0.05, 0) is 40.0 Å². The van der Waals surface area contributed by atoms with E-state index in [9.17, 15) is 39.5 Å². The summed E-state index contributed by atoms with van der Waals surface area (Å²) in [5, 5.41) is 1.99. The van der Waals surface area contributed by atoms with E-state index in [-0.39, 0.29) is 58.9 Å². The number of alkyl halides is 9. The van der Waals surface area contributed by atoms with E-state index in [1.807, 2.05) is 5.32 Å². The van der Waals surface area contributed by atoms with Crippen LogP contribution in [-0.4, -0.2) is 74.1 Å². The third kappa shape index (κ3) is 12.2. The average molecular weight is 557 g/mol. The molecule has 1 rings (SSSR count). The Balaban J connectivity index is -0.000000845. The van der Waals surface area contributed by atoms with Crippen LogP contribution in [0.2, 0.25) is 0 Å². The molecule has 0 amide bonds. The van der Waals surface area contributed by atoms with Crippen LogP contribution in [0.25, 0.3) is 0 Å². The van der Waals surface area contributed by atoms with Crippen molar-refractivity contribution < 1.29 is 98.5 Å². The first-order chi connectivity index (χ1) is 11.6. The first-order valence-corrected chi connectivity index (χ1v) is 7.85. The van der Waals surface area contributed by atoms with E-state index in [0.29, 0.717) is 9.80 Å². The number of nitrogens with one attached hydrogen (secondary N) is 1. The van der Waals surface area contributed by atoms with Crippen LogP contribution < -0.4 is 42.5 Å². The van der Waals surface area contributed by atoms with E-state index >= 15 is 0 Å². The van der Waals surface area contributed by atoms with Crippen LogP contribution >= 0.6 is 0 Å². The van der Waals surface area contributed by atoms with Gasteiger partial charge in [-0.3, -0.25) is 4.90 Å². The molecule has 0 saturated carbocycles. The van der Waals surface area contributed by atoms with Crippen molar-refractivity contribution in [3.63, 3.8) is 0 Å². The Labute approximate surface area is 203 Å². The summed E-state index contributed by atoms with van der Waals surface area (Å²) in [5.74, 6) is 0. The van der Waals surface area contributed by atoms with Crippen molar-refractivity contribution in [2.75, 3.05) is 33.7 Å². The summed E-state index contributed by atoms with van der Waals surface area (Å²) in [4.78, 5) is 1.35. The fourth-order valence-corrected chi connectivity index (χ4v) is 2.87. The normalized spacial score (nSPS) is 24.1. The Kier molecular flexibility index (Phi) is 18.9. The summed E-state index contributed by atoms with van der Waals surface area (Å²) in [6.45, 7) is -1.61. The molecular weight excluding hydrogens is 535 g/mol. The maximum atomic E-state index is 13.2. The predicted molar refractivity (Wildman–Crippen MR) is 76.1 cm³/mol. The van der Waals surface area contributed by atoms with E-state index < -0.39 is 75.6 Å². The molecule has 1 fully saturated rings. The maximum absolute atomic E-state index is 13.2. The zero-order valence-corrected chi connectivity index (χ0v) is 19.7. The third-order valence-electron chi connectivity index (χ3n) is 4.35. The standard InChI is InChI=1S/C14H21F9N3.3ClH.Ti/c1-25-7-4-9(12(15,16)17)24-6-3-10(13(18,19)20)26(2)8-5-11(25)14(21,22)23;;;;/h9,11,24H,3-8H2,1-2H3;3*1H;/q-1;;;;+4/p-3. The van der Waals surface area contributed by atoms with Crippen LogP contribution in [0.3, 0.4) is 0 Å². The molecule has 0 aromatic carbocycles. The van der Waals surface area contributed by atoms with Crippen molar-refractivity contribution in [1.82, 2.24) is 15.1 Å². The average Bonchev–Trinajstić information content (AvgIpc) is 2.40. The molecule has 0 aromatic heterocycles. The zero-order chi connectivity index (χ0) is 20.3. The Morgan fingerprint density at radius 3 is 1.70 bits per heavy atom. The first-order valence-electron chi connectivity index (χ1n) is 7.85. The molecule has 0 bridgehead atoms. The molecule has 1 N–H and O–H groups in total. The Hall–Kier alpha value is 0.834. The fourth-order valence-electron chi connectivity index (χ4n) is 2.87. The molecule has 3 nitrogen and oxygen atoms in total. The van der Waals surface area contributed by atoms with Crippen LogP contribution in [0.15, 0.2) is 0 Å². The van der Waals surface area contributed by atoms with Crippen LogP contribution in [0.4, 0.5) is 39.5 Å². The molecule has 30 heavy (non-hydrogen) atoms. The molecule has 0 aliphatic carbocycles. The second kappa shape index (κ2) is 14.9. The van der Waals surface area contributed by atoms with Gasteiger partial charge in [0.1, 0.15) is 12.1 Å². The SMILES string of the molecule is CN1CCC(C(F)(F)F)N(C)CCC(C(F)(F)F)NCC[C-]1C(F)(F)F.[Cl-].[Cl-].[Cl-].[Ti+4]. The molecule has 180 valence electrons. The van der Waals surface area contributed by atoms with Crippen LogP contribution in [0.1, 0.15) is 19.3 Å². The molecule has 0 spiro atoms. The van der Waals surface area contributed by atoms with E-state index in [0.717, 1.165) is 14.1 Å². The number of nitrogens with zero attached hydrogens (tertiary/aromatic N) is 2. The number of halogens is 12. The first kappa shape index (κ1) is 38.1. The summed E-state index contributed by atoms with van der Waals surface area (Å²) in [5.41, 5.74) is 0. The molecule has 1 heterocycles. The van der Waals surface area contributed by atoms with E-state index in [1.54, 1.807) is 0 Å². The predicted octanol–water partition coefficient (Wildman–Crippen LogP) is -5.41. The molecular formula is C14H21Cl3F9N3Ti. The Bertz CT molecular complexity index is 453. The minimum Gasteiger partial charge on any atom is -1.00 e. The molecule has 2 atom stereocenters. The summed E-state index contributed by atoms with van der Waals surface area (Å²) in [6.07, 6.45) is -16.5. The van der Waals surface area contributed by atoms with Gasteiger partial charge in [-0.25, -0.2) is 13.2 Å². The van der Waals surface area contributed by atoms with Crippen molar-refractivity contribution in [3.05, 3.63) is 6.04 Å². The van der Waals surface area contributed by atoms with Crippen molar-refractivity contribution in [3.8, 4) is 0 Å². The number of hydrogen-bond donors (Lipinski definition) is 1. The summed E-state index contributed by atoms with van der Waals surface area (Å²) < 4.78 is 118. The third-order valence-corrected chi connectivity index (χ3v) is 4.35. The zero-order valence-electron chi connectivity index (χ0n) is 15.8. The van der Waals surface area contributed by atoms with Crippen LogP contribution in [-0.2, 0) is 21.7 Å². The molecule has 2 unspecified atom stereocenters. The summed E-state index contributed by atoms with van der Waals surface area (Å²) in [7, 11) is 2.01. The topological polar surface area (TPSA) is 18.5 Å². The second-order valence-corrected chi connectivity index (χ2v) is 6.28. The van der Waals surface area contributed by atoms with Crippen molar-refractivity contribution >= 4 is 0 Å². The van der Waals surface area contributed by atoms with Gasteiger partial charge in [-0.1, -0.05) is 0 Å². The van der Waals surface area contributed by atoms with Gasteiger partial charge in [-0.2, -0.15) is 26.3 Å². The van der Waals surface area contributed by atoms with Gasteiger partial charge >= 0.3 is 34.1 Å². The molecule has 0 radical (unpaired) electrons. The largest absolute Gasteiger partial charge is 4.00 e. The molecule has 1 aliphatic rings. The molecule has 0 aromatic rings. The smallest absolute Gasteiger partial charge is 1.00 e. The fraction of sp³-hybridized carbons (Fsp3) is 0.929. The monoisotopic (exact) mass is 555 g/mol. The van der Waals surface area contributed by atoms with Gasteiger partial charge in [0.2, 0.25) is 0 Å². The quantitative estimate of drug-likeness (QED) is 0.183. The van der Waals surface area contributed by atoms with Gasteiger partial charge in [0.25, 0.3) is 6.18 Å². The minimum absolute atomic E-state index is 0. The number of rotatable bonds is 0. The van der Waals surface area contributed by atoms with Gasteiger partial charge in [0, 0.05) is 6.54 Å². The van der Waals surface area contributed by atoms with Crippen LogP contribution in [0.5, 0.6) is 0 Å². The van der Waals surface area contributed by atoms with Gasteiger partial charge < -0.3 is 47.4 Å². The summed E-state index contributed by atoms with van der Waals surface area (Å²) >= 11 is 0. The van der Waals surface area contributed by atoms with Crippen LogP contribution in [0, 0.1) is 6.04 Å². The van der Waals surface area contributed by atoms with Gasteiger partial charge in [0.05, 0.1) is 0 Å². The van der Waals surface area contributed by atoms with E-state index in [2.05, 4.69) is 0 Å². The minimum atomic E-state index is -4.84. The van der Waals surface area contributed by atoms with Gasteiger partial charge in [-0.15, -0.1) is 12.5 Å². The summed E-state index contributed by atoms with van der Waals surface area (Å²) in [6, 6.07) is -5.47. The maximum Gasteiger partial charge on any atom is 4.00 e. The molecule has 1 saturated heterocycles. The van der Waals surface area contributed by atoms with Crippen molar-refractivity contribution in [2.45, 2.75) is 49.9 Å².